The van der Waals surface area contributed by atoms with Crippen LogP contribution in [0.1, 0.15) is 33.6 Å². The second kappa shape index (κ2) is 11.3. The molecular formula is C13H22N4O11. The van der Waals surface area contributed by atoms with Crippen LogP contribution in [0, 0.1) is 20.2 Å². The first-order valence-electron chi connectivity index (χ1n) is 7.86. The van der Waals surface area contributed by atoms with Gasteiger partial charge in [0.2, 0.25) is 5.91 Å². The minimum absolute atomic E-state index is 0.334. The molecule has 2 amide bonds. The zero-order valence-electron chi connectivity index (χ0n) is 15.4. The van der Waals surface area contributed by atoms with Gasteiger partial charge in [0.05, 0.1) is 6.04 Å². The molecule has 0 aromatic rings. The van der Waals surface area contributed by atoms with Crippen LogP contribution in [0.25, 0.3) is 0 Å². The molecule has 0 aliphatic heterocycles. The monoisotopic (exact) mass is 410 g/mol. The number of carbonyl (C=O) groups excluding carboxylic acids is 2. The van der Waals surface area contributed by atoms with Crippen molar-refractivity contribution < 1.29 is 44.1 Å². The number of ether oxygens (including phenoxy) is 1. The molecule has 0 rings (SSSR count). The van der Waals surface area contributed by atoms with Crippen LogP contribution in [-0.4, -0.2) is 64.1 Å². The number of rotatable bonds is 12. The second-order valence-electron chi connectivity index (χ2n) is 6.38. The summed E-state index contributed by atoms with van der Waals surface area (Å²) in [4.78, 5) is 63.2. The first-order chi connectivity index (χ1) is 12.8. The van der Waals surface area contributed by atoms with Crippen molar-refractivity contribution in [2.24, 2.45) is 0 Å². The standard InChI is InChI=1S/C13H22N4O11/c1-13(2,3)28-12(21)15-9(11(19)20)4-5-10(18)14-8(6-26-16(22)23)7-27-17(24)25/h8-9H,4-7H2,1-3H3,(H,14,18)(H,15,21)(H,19,20)/t9-/m0/s1. The Kier molecular flexibility index (Phi) is 9.98. The number of carboxylic acids is 1. The van der Waals surface area contributed by atoms with Gasteiger partial charge in [-0.1, -0.05) is 0 Å². The van der Waals surface area contributed by atoms with Gasteiger partial charge in [-0.05, 0) is 27.2 Å². The van der Waals surface area contributed by atoms with Gasteiger partial charge in [-0.25, -0.2) is 9.59 Å². The molecule has 0 bridgehead atoms. The third-order valence-corrected chi connectivity index (χ3v) is 2.78. The summed E-state index contributed by atoms with van der Waals surface area (Å²) < 4.78 is 4.92. The van der Waals surface area contributed by atoms with E-state index in [1.807, 2.05) is 0 Å². The molecule has 160 valence electrons. The van der Waals surface area contributed by atoms with E-state index in [2.05, 4.69) is 20.3 Å². The molecule has 0 unspecified atom stereocenters. The predicted octanol–water partition coefficient (Wildman–Crippen LogP) is -0.354. The molecule has 0 aromatic heterocycles. The average Bonchev–Trinajstić information content (AvgIpc) is 2.51. The van der Waals surface area contributed by atoms with E-state index in [9.17, 15) is 34.6 Å². The van der Waals surface area contributed by atoms with Crippen molar-refractivity contribution in [1.82, 2.24) is 10.6 Å². The lowest BCUT2D eigenvalue weighted by Gasteiger charge is -2.22. The quantitative estimate of drug-likeness (QED) is 0.279. The number of alkyl carbamates (subject to hydrolysis) is 1. The third kappa shape index (κ3) is 12.9. The Bertz CT molecular complexity index is 572. The van der Waals surface area contributed by atoms with Crippen molar-refractivity contribution in [3.8, 4) is 0 Å². The Morgan fingerprint density at radius 3 is 1.93 bits per heavy atom. The number of aliphatic carboxylic acids is 1. The molecule has 0 aliphatic rings. The van der Waals surface area contributed by atoms with Gasteiger partial charge in [-0.3, -0.25) is 4.79 Å². The minimum Gasteiger partial charge on any atom is -0.480 e. The highest BCUT2D eigenvalue weighted by atomic mass is 17.0. The number of nitrogens with zero attached hydrogens (tertiary/aromatic N) is 2. The van der Waals surface area contributed by atoms with Crippen molar-refractivity contribution >= 4 is 18.0 Å². The lowest BCUT2D eigenvalue weighted by Crippen LogP contribution is -2.45. The number of hydrogen-bond donors (Lipinski definition) is 3. The maximum Gasteiger partial charge on any atom is 0.408 e. The smallest absolute Gasteiger partial charge is 0.408 e. The number of amides is 2. The average molecular weight is 410 g/mol. The van der Waals surface area contributed by atoms with Crippen LogP contribution in [0.15, 0.2) is 0 Å². The first-order valence-corrected chi connectivity index (χ1v) is 7.86. The highest BCUT2D eigenvalue weighted by Crippen LogP contribution is 2.08. The summed E-state index contributed by atoms with van der Waals surface area (Å²) in [6.07, 6.45) is -1.74. The summed E-state index contributed by atoms with van der Waals surface area (Å²) in [7, 11) is 0. The topological polar surface area (TPSA) is 209 Å². The molecule has 0 aliphatic carbocycles. The molecule has 0 radical (unpaired) electrons. The Morgan fingerprint density at radius 1 is 1.04 bits per heavy atom. The van der Waals surface area contributed by atoms with E-state index >= 15 is 0 Å². The molecule has 0 fully saturated rings. The summed E-state index contributed by atoms with van der Waals surface area (Å²) >= 11 is 0. The molecule has 15 heteroatoms. The van der Waals surface area contributed by atoms with E-state index in [0.29, 0.717) is 0 Å². The molecule has 1 atom stereocenters. The Morgan fingerprint density at radius 2 is 1.54 bits per heavy atom. The summed E-state index contributed by atoms with van der Waals surface area (Å²) in [5.74, 6) is -2.20. The summed E-state index contributed by atoms with van der Waals surface area (Å²) in [5.41, 5.74) is -0.855. The van der Waals surface area contributed by atoms with Gasteiger partial charge < -0.3 is 30.2 Å². The van der Waals surface area contributed by atoms with Gasteiger partial charge in [0.15, 0.2) is 0 Å². The molecule has 0 saturated carbocycles. The van der Waals surface area contributed by atoms with Gasteiger partial charge in [-0.15, -0.1) is 20.2 Å². The molecule has 3 N–H and O–H groups in total. The van der Waals surface area contributed by atoms with Gasteiger partial charge in [0, 0.05) is 6.42 Å². The van der Waals surface area contributed by atoms with Crippen LogP contribution in [0.5, 0.6) is 0 Å². The first kappa shape index (κ1) is 24.6. The lowest BCUT2D eigenvalue weighted by atomic mass is 10.1. The molecular weight excluding hydrogens is 388 g/mol. The Balaban J connectivity index is 4.66. The fourth-order valence-corrected chi connectivity index (χ4v) is 1.72. The Labute approximate surface area is 158 Å². The Hall–Kier alpha value is -3.39. The molecule has 15 nitrogen and oxygen atoms in total. The van der Waals surface area contributed by atoms with E-state index in [-0.39, 0.29) is 6.42 Å². The van der Waals surface area contributed by atoms with Crippen molar-refractivity contribution in [2.75, 3.05) is 13.2 Å². The molecule has 0 aromatic carbocycles. The maximum atomic E-state index is 11.9. The third-order valence-electron chi connectivity index (χ3n) is 2.78. The lowest BCUT2D eigenvalue weighted by molar-refractivity contribution is -0.766. The van der Waals surface area contributed by atoms with E-state index in [1.165, 1.54) is 0 Å². The van der Waals surface area contributed by atoms with Gasteiger partial charge in [0.25, 0.3) is 10.2 Å². The second-order valence-corrected chi connectivity index (χ2v) is 6.38. The normalized spacial score (nSPS) is 11.9. The summed E-state index contributed by atoms with van der Waals surface area (Å²) in [5, 5.41) is 31.5. The van der Waals surface area contributed by atoms with E-state index in [4.69, 9.17) is 9.84 Å². The van der Waals surface area contributed by atoms with Crippen LogP contribution < -0.4 is 10.6 Å². The van der Waals surface area contributed by atoms with Crippen LogP contribution in [0.4, 0.5) is 4.79 Å². The molecule has 28 heavy (non-hydrogen) atoms. The molecule has 0 spiro atoms. The number of carbonyl (C=O) groups is 3. The zero-order chi connectivity index (χ0) is 21.9. The zero-order valence-corrected chi connectivity index (χ0v) is 15.4. The van der Waals surface area contributed by atoms with E-state index in [0.717, 1.165) is 0 Å². The fourth-order valence-electron chi connectivity index (χ4n) is 1.72. The van der Waals surface area contributed by atoms with Crippen LogP contribution in [0.2, 0.25) is 0 Å². The van der Waals surface area contributed by atoms with Crippen molar-refractivity contribution in [3.63, 3.8) is 0 Å². The maximum absolute atomic E-state index is 11.9. The van der Waals surface area contributed by atoms with Gasteiger partial charge in [-0.2, -0.15) is 0 Å². The summed E-state index contributed by atoms with van der Waals surface area (Å²) in [6, 6.07) is -2.67. The van der Waals surface area contributed by atoms with Gasteiger partial charge in [0.1, 0.15) is 24.9 Å². The van der Waals surface area contributed by atoms with Gasteiger partial charge >= 0.3 is 12.1 Å². The van der Waals surface area contributed by atoms with Crippen LogP contribution in [-0.2, 0) is 24.0 Å². The predicted molar refractivity (Wildman–Crippen MR) is 87.9 cm³/mol. The largest absolute Gasteiger partial charge is 0.480 e. The van der Waals surface area contributed by atoms with Crippen LogP contribution in [0.3, 0.4) is 0 Å². The molecule has 0 heterocycles. The van der Waals surface area contributed by atoms with Crippen LogP contribution >= 0.6 is 0 Å². The number of hydrogen-bond acceptors (Lipinski definition) is 10. The minimum atomic E-state index is -1.44. The van der Waals surface area contributed by atoms with E-state index in [1.54, 1.807) is 20.8 Å². The summed E-state index contributed by atoms with van der Waals surface area (Å²) in [6.45, 7) is 3.30. The van der Waals surface area contributed by atoms with E-state index < -0.39 is 65.5 Å². The molecule has 0 saturated heterocycles. The van der Waals surface area contributed by atoms with Crippen molar-refractivity contribution in [1.29, 1.82) is 0 Å². The van der Waals surface area contributed by atoms with Crippen molar-refractivity contribution in [3.05, 3.63) is 20.2 Å². The highest BCUT2D eigenvalue weighted by molar-refractivity contribution is 5.81. The number of carboxylic acid groups (broad SMARTS) is 1. The number of nitrogens with one attached hydrogen (secondary N) is 2. The fraction of sp³-hybridized carbons (Fsp3) is 0.769. The SMILES string of the molecule is CC(C)(C)OC(=O)N[C@@H](CCC(=O)NC(CO[N+](=O)[O-])CO[N+](=O)[O-])C(=O)O. The van der Waals surface area contributed by atoms with Crippen molar-refractivity contribution in [2.45, 2.75) is 51.3 Å². The highest BCUT2D eigenvalue weighted by Gasteiger charge is 2.25.